The molecule has 1 N–H and O–H groups in total. The van der Waals surface area contributed by atoms with Crippen molar-refractivity contribution in [1.82, 2.24) is 19.5 Å². The third-order valence-corrected chi connectivity index (χ3v) is 3.27. The van der Waals surface area contributed by atoms with Gasteiger partial charge in [0, 0.05) is 20.3 Å². The summed E-state index contributed by atoms with van der Waals surface area (Å²) in [7, 11) is 3.22. The van der Waals surface area contributed by atoms with Gasteiger partial charge in [0.25, 0.3) is 5.91 Å². The van der Waals surface area contributed by atoms with Crippen molar-refractivity contribution >= 4 is 23.8 Å². The van der Waals surface area contributed by atoms with Gasteiger partial charge in [0.15, 0.2) is 5.65 Å². The van der Waals surface area contributed by atoms with E-state index in [2.05, 4.69) is 20.5 Å². The Kier molecular flexibility index (Phi) is 5.33. The predicted octanol–water partition coefficient (Wildman–Crippen LogP) is 2.68. The zero-order valence-electron chi connectivity index (χ0n) is 14.2. The molecular weight excluding hydrogens is 382 g/mol. The maximum Gasteiger partial charge on any atom is 0.420 e. The fourth-order valence-corrected chi connectivity index (χ4v) is 2.00. The molecule has 1 amide bonds. The van der Waals surface area contributed by atoms with E-state index in [1.807, 2.05) is 0 Å². The largest absolute Gasteiger partial charge is 0.420 e. The number of carbonyl (C=O) groups excluding carboxylic acids is 1. The Morgan fingerprint density at radius 2 is 1.85 bits per heavy atom. The fourth-order valence-electron chi connectivity index (χ4n) is 2.00. The summed E-state index contributed by atoms with van der Waals surface area (Å²) in [6, 6.07) is -1.11. The van der Waals surface area contributed by atoms with Gasteiger partial charge in [-0.05, 0) is 13.0 Å². The summed E-state index contributed by atoms with van der Waals surface area (Å²) in [5, 5.41) is 9.15. The minimum Gasteiger partial charge on any atom is -0.369 e. The lowest BCUT2D eigenvalue weighted by molar-refractivity contribution is -0.142. The van der Waals surface area contributed by atoms with Gasteiger partial charge in [-0.2, -0.15) is 26.3 Å². The number of fused-ring (bicyclic) bond motifs is 1. The molecule has 13 heteroatoms. The van der Waals surface area contributed by atoms with Crippen LogP contribution in [-0.4, -0.2) is 51.9 Å². The van der Waals surface area contributed by atoms with Gasteiger partial charge in [0.1, 0.15) is 11.6 Å². The molecule has 0 saturated heterocycles. The van der Waals surface area contributed by atoms with Crippen molar-refractivity contribution in [3.05, 3.63) is 23.4 Å². The Hall–Kier alpha value is -2.86. The number of anilines is 1. The van der Waals surface area contributed by atoms with Crippen LogP contribution in [0.5, 0.6) is 0 Å². The standard InChI is InChI=1S/C14H14F6N6O/c1-7(11(27)21-6-25(2)3)22-12-24-23-10-9(14(18,19)20)4-8(5-26(10)12)13(15,16)17/h4-7H,1-3H3,(H,22,24)/b21-6+/t7-/m0/s1. The zero-order chi connectivity index (χ0) is 20.6. The molecule has 2 aromatic rings. The number of hydrogen-bond acceptors (Lipinski definition) is 4. The van der Waals surface area contributed by atoms with E-state index < -0.39 is 47.0 Å². The van der Waals surface area contributed by atoms with Crippen LogP contribution in [0.15, 0.2) is 17.3 Å². The molecule has 0 aliphatic rings. The van der Waals surface area contributed by atoms with Gasteiger partial charge in [-0.1, -0.05) is 0 Å². The molecule has 1 atom stereocenters. The van der Waals surface area contributed by atoms with Crippen LogP contribution < -0.4 is 5.32 Å². The Morgan fingerprint density at radius 1 is 1.22 bits per heavy atom. The Labute approximate surface area is 148 Å². The van der Waals surface area contributed by atoms with E-state index in [9.17, 15) is 31.1 Å². The Morgan fingerprint density at radius 3 is 2.37 bits per heavy atom. The van der Waals surface area contributed by atoms with E-state index in [0.717, 1.165) is 0 Å². The molecule has 0 saturated carbocycles. The van der Waals surface area contributed by atoms with Gasteiger partial charge >= 0.3 is 12.4 Å². The molecule has 0 aromatic carbocycles. The molecule has 148 valence electrons. The molecule has 0 unspecified atom stereocenters. The van der Waals surface area contributed by atoms with Crippen molar-refractivity contribution in [2.24, 2.45) is 4.99 Å². The lowest BCUT2D eigenvalue weighted by Gasteiger charge is -2.14. The molecule has 0 aliphatic heterocycles. The third-order valence-electron chi connectivity index (χ3n) is 3.27. The quantitative estimate of drug-likeness (QED) is 0.489. The van der Waals surface area contributed by atoms with E-state index in [1.54, 1.807) is 14.1 Å². The van der Waals surface area contributed by atoms with E-state index >= 15 is 0 Å². The van der Waals surface area contributed by atoms with E-state index in [0.29, 0.717) is 10.6 Å². The number of nitrogens with zero attached hydrogens (tertiary/aromatic N) is 5. The predicted molar refractivity (Wildman–Crippen MR) is 83.3 cm³/mol. The van der Waals surface area contributed by atoms with E-state index in [1.165, 1.54) is 18.2 Å². The highest BCUT2D eigenvalue weighted by Gasteiger charge is 2.39. The number of alkyl halides is 6. The number of carbonyl (C=O) groups is 1. The molecular formula is C14H14F6N6O. The average molecular weight is 396 g/mol. The average Bonchev–Trinajstić information content (AvgIpc) is 2.92. The first-order valence-corrected chi connectivity index (χ1v) is 7.35. The second-order valence-corrected chi connectivity index (χ2v) is 5.77. The molecule has 2 rings (SSSR count). The first kappa shape index (κ1) is 20.5. The van der Waals surface area contributed by atoms with Crippen LogP contribution in [0.4, 0.5) is 32.3 Å². The summed E-state index contributed by atoms with van der Waals surface area (Å²) < 4.78 is 78.8. The summed E-state index contributed by atoms with van der Waals surface area (Å²) >= 11 is 0. The molecule has 0 bridgehead atoms. The van der Waals surface area contributed by atoms with Gasteiger partial charge in [-0.3, -0.25) is 9.20 Å². The fraction of sp³-hybridized carbons (Fsp3) is 0.429. The van der Waals surface area contributed by atoms with Crippen LogP contribution in [0.25, 0.3) is 5.65 Å². The Balaban J connectivity index is 2.49. The van der Waals surface area contributed by atoms with Crippen LogP contribution in [0.2, 0.25) is 0 Å². The zero-order valence-corrected chi connectivity index (χ0v) is 14.2. The smallest absolute Gasteiger partial charge is 0.369 e. The Bertz CT molecular complexity index is 869. The topological polar surface area (TPSA) is 74.9 Å². The van der Waals surface area contributed by atoms with Crippen molar-refractivity contribution in [1.29, 1.82) is 0 Å². The molecule has 27 heavy (non-hydrogen) atoms. The summed E-state index contributed by atoms with van der Waals surface area (Å²) in [4.78, 5) is 16.9. The number of rotatable bonds is 4. The van der Waals surface area contributed by atoms with Crippen molar-refractivity contribution in [2.75, 3.05) is 19.4 Å². The number of aliphatic imine (C=N–C) groups is 1. The molecule has 2 aromatic heterocycles. The number of pyridine rings is 1. The maximum atomic E-state index is 13.1. The summed E-state index contributed by atoms with van der Waals surface area (Å²) in [6.45, 7) is 1.33. The first-order chi connectivity index (χ1) is 12.3. The number of nitrogens with one attached hydrogen (secondary N) is 1. The highest BCUT2D eigenvalue weighted by atomic mass is 19.4. The normalized spacial score (nSPS) is 14.0. The summed E-state index contributed by atoms with van der Waals surface area (Å²) in [5.41, 5.74) is -3.95. The molecule has 2 heterocycles. The highest BCUT2D eigenvalue weighted by Crippen LogP contribution is 2.37. The van der Waals surface area contributed by atoms with Crippen molar-refractivity contribution < 1.29 is 31.1 Å². The van der Waals surface area contributed by atoms with Crippen molar-refractivity contribution in [3.63, 3.8) is 0 Å². The number of halogens is 6. The van der Waals surface area contributed by atoms with Gasteiger partial charge < -0.3 is 10.2 Å². The van der Waals surface area contributed by atoms with Crippen molar-refractivity contribution in [3.8, 4) is 0 Å². The molecule has 0 spiro atoms. The second-order valence-electron chi connectivity index (χ2n) is 5.77. The first-order valence-electron chi connectivity index (χ1n) is 7.35. The van der Waals surface area contributed by atoms with Crippen LogP contribution in [0.3, 0.4) is 0 Å². The van der Waals surface area contributed by atoms with Crippen LogP contribution in [0.1, 0.15) is 18.1 Å². The number of amides is 1. The maximum absolute atomic E-state index is 13.1. The number of aromatic nitrogens is 3. The van der Waals surface area contributed by atoms with Gasteiger partial charge in [0.05, 0.1) is 11.9 Å². The van der Waals surface area contributed by atoms with Gasteiger partial charge in [-0.15, -0.1) is 10.2 Å². The van der Waals surface area contributed by atoms with E-state index in [4.69, 9.17) is 0 Å². The molecule has 0 radical (unpaired) electrons. The van der Waals surface area contributed by atoms with Gasteiger partial charge in [-0.25, -0.2) is 4.99 Å². The van der Waals surface area contributed by atoms with E-state index in [-0.39, 0.29) is 6.07 Å². The molecule has 0 aliphatic carbocycles. The molecule has 7 nitrogen and oxygen atoms in total. The van der Waals surface area contributed by atoms with Crippen LogP contribution in [-0.2, 0) is 17.1 Å². The van der Waals surface area contributed by atoms with Crippen molar-refractivity contribution in [2.45, 2.75) is 25.3 Å². The SMILES string of the molecule is C[C@H](Nc1nnc2c(C(F)(F)F)cc(C(F)(F)F)cn12)C(=O)/N=C/N(C)C. The lowest BCUT2D eigenvalue weighted by atomic mass is 10.2. The minimum atomic E-state index is -5.08. The lowest BCUT2D eigenvalue weighted by Crippen LogP contribution is -2.27. The highest BCUT2D eigenvalue weighted by molar-refractivity contribution is 5.89. The third kappa shape index (κ3) is 4.65. The van der Waals surface area contributed by atoms with Gasteiger partial charge in [0.2, 0.25) is 5.95 Å². The monoisotopic (exact) mass is 396 g/mol. The summed E-state index contributed by atoms with van der Waals surface area (Å²) in [6.07, 6.45) is -8.48. The molecule has 0 fully saturated rings. The van der Waals surface area contributed by atoms with Crippen LogP contribution >= 0.6 is 0 Å². The minimum absolute atomic E-state index is 0.0379. The van der Waals surface area contributed by atoms with Crippen LogP contribution in [0, 0.1) is 0 Å². The number of hydrogen-bond donors (Lipinski definition) is 1. The summed E-state index contributed by atoms with van der Waals surface area (Å²) in [5.74, 6) is -1.16. The second kappa shape index (κ2) is 7.04.